The molecule has 1 N–H and O–H groups in total. The van der Waals surface area contributed by atoms with E-state index in [-0.39, 0.29) is 30.5 Å². The van der Waals surface area contributed by atoms with Gasteiger partial charge in [-0.05, 0) is 50.2 Å². The van der Waals surface area contributed by atoms with Crippen LogP contribution in [0.4, 0.5) is 8.78 Å². The number of aliphatic carboxylic acids is 1. The van der Waals surface area contributed by atoms with Gasteiger partial charge in [0.2, 0.25) is 5.91 Å². The van der Waals surface area contributed by atoms with Crippen LogP contribution in [0, 0.1) is 17.6 Å². The molecule has 0 radical (unpaired) electrons. The van der Waals surface area contributed by atoms with Crippen molar-refractivity contribution in [1.29, 1.82) is 0 Å². The SMILES string of the molecule is CN(C)CCN(CC(=O)O)C(=O)[C@H]1C[C@H]1c1cc(F)ccc1F. The molecule has 0 bridgehead atoms. The van der Waals surface area contributed by atoms with Gasteiger partial charge < -0.3 is 14.9 Å². The van der Waals surface area contributed by atoms with Gasteiger partial charge in [0.05, 0.1) is 0 Å². The van der Waals surface area contributed by atoms with Gasteiger partial charge in [-0.3, -0.25) is 9.59 Å². The summed E-state index contributed by atoms with van der Waals surface area (Å²) >= 11 is 0. The van der Waals surface area contributed by atoms with E-state index < -0.39 is 23.5 Å². The number of amides is 1. The number of hydrogen-bond donors (Lipinski definition) is 1. The average Bonchev–Trinajstić information content (AvgIpc) is 3.25. The number of carbonyl (C=O) groups excluding carboxylic acids is 1. The first-order valence-corrected chi connectivity index (χ1v) is 7.40. The number of carboxylic acids is 1. The molecule has 1 fully saturated rings. The lowest BCUT2D eigenvalue weighted by Gasteiger charge is -2.23. The van der Waals surface area contributed by atoms with Crippen molar-refractivity contribution >= 4 is 11.9 Å². The van der Waals surface area contributed by atoms with E-state index in [1.165, 1.54) is 4.90 Å². The van der Waals surface area contributed by atoms with Gasteiger partial charge >= 0.3 is 5.97 Å². The number of likely N-dealkylation sites (N-methyl/N-ethyl adjacent to an activating group) is 1. The maximum Gasteiger partial charge on any atom is 0.323 e. The Kier molecular flexibility index (Phi) is 5.30. The molecule has 1 aromatic rings. The molecule has 0 spiro atoms. The molecule has 1 aliphatic rings. The van der Waals surface area contributed by atoms with E-state index in [1.807, 2.05) is 19.0 Å². The molecule has 2 rings (SSSR count). The third-order valence-electron chi connectivity index (χ3n) is 3.92. The van der Waals surface area contributed by atoms with E-state index in [9.17, 15) is 18.4 Å². The van der Waals surface area contributed by atoms with Gasteiger partial charge in [-0.15, -0.1) is 0 Å². The van der Waals surface area contributed by atoms with Crippen LogP contribution in [0.3, 0.4) is 0 Å². The summed E-state index contributed by atoms with van der Waals surface area (Å²) in [5, 5.41) is 8.95. The molecular formula is C16H20F2N2O3. The quantitative estimate of drug-likeness (QED) is 0.826. The van der Waals surface area contributed by atoms with Crippen LogP contribution in [0.15, 0.2) is 18.2 Å². The van der Waals surface area contributed by atoms with E-state index in [0.29, 0.717) is 13.0 Å². The van der Waals surface area contributed by atoms with Gasteiger partial charge in [0.25, 0.3) is 0 Å². The first-order valence-electron chi connectivity index (χ1n) is 7.40. The second kappa shape index (κ2) is 7.04. The molecule has 5 nitrogen and oxygen atoms in total. The smallest absolute Gasteiger partial charge is 0.323 e. The van der Waals surface area contributed by atoms with Gasteiger partial charge in [-0.1, -0.05) is 0 Å². The standard InChI is InChI=1S/C16H20F2N2O3/c1-19(2)5-6-20(9-15(21)22)16(23)13-8-11(13)12-7-10(17)3-4-14(12)18/h3-4,7,11,13H,5-6,8-9H2,1-2H3,(H,21,22)/t11-,13-/m0/s1. The minimum atomic E-state index is -1.09. The number of carbonyl (C=O) groups is 2. The van der Waals surface area contributed by atoms with Gasteiger partial charge in [0, 0.05) is 19.0 Å². The van der Waals surface area contributed by atoms with Crippen LogP contribution in [0.1, 0.15) is 17.9 Å². The van der Waals surface area contributed by atoms with Crippen LogP contribution in [-0.4, -0.2) is 60.5 Å². The summed E-state index contributed by atoms with van der Waals surface area (Å²) in [7, 11) is 3.65. The predicted molar refractivity (Wildman–Crippen MR) is 80.0 cm³/mol. The lowest BCUT2D eigenvalue weighted by atomic mass is 10.1. The molecule has 0 saturated heterocycles. The predicted octanol–water partition coefficient (Wildman–Crippen LogP) is 1.54. The average molecular weight is 326 g/mol. The summed E-state index contributed by atoms with van der Waals surface area (Å²) in [5.41, 5.74) is 0.186. The third kappa shape index (κ3) is 4.48. The Labute approximate surface area is 133 Å². The normalized spacial score (nSPS) is 19.7. The number of carboxylic acid groups (broad SMARTS) is 1. The number of nitrogens with zero attached hydrogens (tertiary/aromatic N) is 2. The Balaban J connectivity index is 2.06. The molecule has 0 aliphatic heterocycles. The molecule has 126 valence electrons. The van der Waals surface area contributed by atoms with Crippen molar-refractivity contribution in [1.82, 2.24) is 9.80 Å². The van der Waals surface area contributed by atoms with Gasteiger partial charge in [0.15, 0.2) is 0 Å². The highest BCUT2D eigenvalue weighted by Crippen LogP contribution is 2.49. The minimum absolute atomic E-state index is 0.186. The first-order chi connectivity index (χ1) is 10.8. The van der Waals surface area contributed by atoms with Crippen LogP contribution in [-0.2, 0) is 9.59 Å². The summed E-state index contributed by atoms with van der Waals surface area (Å²) in [6.45, 7) is 0.430. The second-order valence-electron chi connectivity index (χ2n) is 6.07. The van der Waals surface area contributed by atoms with Crippen LogP contribution < -0.4 is 0 Å². The second-order valence-corrected chi connectivity index (χ2v) is 6.07. The maximum absolute atomic E-state index is 13.8. The fourth-order valence-corrected chi connectivity index (χ4v) is 2.60. The summed E-state index contributed by atoms with van der Waals surface area (Å²) in [6, 6.07) is 3.19. The van der Waals surface area contributed by atoms with Crippen LogP contribution in [0.25, 0.3) is 0 Å². The van der Waals surface area contributed by atoms with Crippen molar-refractivity contribution in [3.8, 4) is 0 Å². The highest BCUT2D eigenvalue weighted by Gasteiger charge is 2.47. The van der Waals surface area contributed by atoms with Crippen molar-refractivity contribution in [3.63, 3.8) is 0 Å². The van der Waals surface area contributed by atoms with Gasteiger partial charge in [-0.25, -0.2) is 8.78 Å². The summed E-state index contributed by atoms with van der Waals surface area (Å²) in [5.74, 6) is -3.35. The zero-order chi connectivity index (χ0) is 17.1. The van der Waals surface area contributed by atoms with Gasteiger partial charge in [-0.2, -0.15) is 0 Å². The summed E-state index contributed by atoms with van der Waals surface area (Å²) in [6.07, 6.45) is 0.414. The number of benzene rings is 1. The van der Waals surface area contributed by atoms with Crippen molar-refractivity contribution in [2.45, 2.75) is 12.3 Å². The van der Waals surface area contributed by atoms with Crippen molar-refractivity contribution < 1.29 is 23.5 Å². The van der Waals surface area contributed by atoms with Crippen molar-refractivity contribution in [3.05, 3.63) is 35.4 Å². The maximum atomic E-state index is 13.8. The van der Waals surface area contributed by atoms with Crippen LogP contribution in [0.5, 0.6) is 0 Å². The van der Waals surface area contributed by atoms with E-state index in [0.717, 1.165) is 18.2 Å². The Morgan fingerprint density at radius 2 is 1.96 bits per heavy atom. The molecule has 0 aromatic heterocycles. The number of halogens is 2. The Bertz CT molecular complexity index is 607. The fourth-order valence-electron chi connectivity index (χ4n) is 2.60. The lowest BCUT2D eigenvalue weighted by molar-refractivity contribution is -0.145. The molecule has 7 heteroatoms. The van der Waals surface area contributed by atoms with E-state index >= 15 is 0 Å². The fraction of sp³-hybridized carbons (Fsp3) is 0.500. The zero-order valence-electron chi connectivity index (χ0n) is 13.1. The molecule has 2 atom stereocenters. The van der Waals surface area contributed by atoms with Crippen LogP contribution in [0.2, 0.25) is 0 Å². The Hall–Kier alpha value is -2.02. The van der Waals surface area contributed by atoms with Crippen LogP contribution >= 0.6 is 0 Å². The monoisotopic (exact) mass is 326 g/mol. The molecule has 0 heterocycles. The molecule has 1 amide bonds. The molecule has 0 unspecified atom stereocenters. The Morgan fingerprint density at radius 1 is 1.26 bits per heavy atom. The molecular weight excluding hydrogens is 306 g/mol. The van der Waals surface area contributed by atoms with E-state index in [2.05, 4.69) is 0 Å². The molecule has 1 saturated carbocycles. The summed E-state index contributed by atoms with van der Waals surface area (Å²) < 4.78 is 27.0. The topological polar surface area (TPSA) is 60.9 Å². The summed E-state index contributed by atoms with van der Waals surface area (Å²) in [4.78, 5) is 26.5. The zero-order valence-corrected chi connectivity index (χ0v) is 13.1. The van der Waals surface area contributed by atoms with E-state index in [4.69, 9.17) is 5.11 Å². The van der Waals surface area contributed by atoms with E-state index in [1.54, 1.807) is 0 Å². The highest BCUT2D eigenvalue weighted by molar-refractivity contribution is 5.86. The van der Waals surface area contributed by atoms with Crippen molar-refractivity contribution in [2.75, 3.05) is 33.7 Å². The number of hydrogen-bond acceptors (Lipinski definition) is 3. The highest BCUT2D eigenvalue weighted by atomic mass is 19.1. The first kappa shape index (κ1) is 17.3. The molecule has 23 heavy (non-hydrogen) atoms. The number of rotatable bonds is 7. The van der Waals surface area contributed by atoms with Gasteiger partial charge in [0.1, 0.15) is 18.2 Å². The minimum Gasteiger partial charge on any atom is -0.480 e. The lowest BCUT2D eigenvalue weighted by Crippen LogP contribution is -2.41. The third-order valence-corrected chi connectivity index (χ3v) is 3.92. The van der Waals surface area contributed by atoms with Crippen molar-refractivity contribution in [2.24, 2.45) is 5.92 Å². The molecule has 1 aromatic carbocycles. The largest absolute Gasteiger partial charge is 0.480 e. The molecule has 1 aliphatic carbocycles. The Morgan fingerprint density at radius 3 is 2.57 bits per heavy atom.